The standard InChI is InChI=1S/C21H36FN3O2S/c1-4-6-7-8-9-10-11-14-24-21(23-5-2)25-16-19-15-20(22)13-12-18(19)17-28(3,26)27/h12-13,15H,4-11,14,16-17H2,1-3H3,(H2,23,24,25). The third-order valence-electron chi connectivity index (χ3n) is 4.41. The molecule has 0 bridgehead atoms. The van der Waals surface area contributed by atoms with Gasteiger partial charge in [0.15, 0.2) is 15.8 Å². The first-order chi connectivity index (χ1) is 13.4. The van der Waals surface area contributed by atoms with Gasteiger partial charge in [0.2, 0.25) is 0 Å². The monoisotopic (exact) mass is 413 g/mol. The van der Waals surface area contributed by atoms with E-state index in [1.807, 2.05) is 6.92 Å². The van der Waals surface area contributed by atoms with Gasteiger partial charge in [0.1, 0.15) is 5.82 Å². The molecule has 1 rings (SSSR count). The zero-order valence-electron chi connectivity index (χ0n) is 17.6. The summed E-state index contributed by atoms with van der Waals surface area (Å²) in [5.41, 5.74) is 1.19. The van der Waals surface area contributed by atoms with Crippen molar-refractivity contribution in [3.8, 4) is 0 Å². The summed E-state index contributed by atoms with van der Waals surface area (Å²) in [5.74, 6) is 0.173. The van der Waals surface area contributed by atoms with Crippen LogP contribution in [-0.2, 0) is 22.1 Å². The van der Waals surface area contributed by atoms with E-state index in [1.165, 1.54) is 63.0 Å². The Morgan fingerprint density at radius 3 is 2.32 bits per heavy atom. The molecule has 1 aromatic carbocycles. The highest BCUT2D eigenvalue weighted by Crippen LogP contribution is 2.15. The minimum absolute atomic E-state index is 0.111. The highest BCUT2D eigenvalue weighted by Gasteiger charge is 2.10. The quantitative estimate of drug-likeness (QED) is 0.289. The van der Waals surface area contributed by atoms with Gasteiger partial charge in [-0.25, -0.2) is 17.8 Å². The topological polar surface area (TPSA) is 70.6 Å². The van der Waals surface area contributed by atoms with E-state index in [1.54, 1.807) is 0 Å². The maximum Gasteiger partial charge on any atom is 0.191 e. The molecule has 7 heteroatoms. The Morgan fingerprint density at radius 2 is 1.68 bits per heavy atom. The Hall–Kier alpha value is -1.63. The summed E-state index contributed by atoms with van der Waals surface area (Å²) in [6.07, 6.45) is 9.90. The van der Waals surface area contributed by atoms with Gasteiger partial charge in [-0.05, 0) is 36.6 Å². The van der Waals surface area contributed by atoms with Gasteiger partial charge >= 0.3 is 0 Å². The van der Waals surface area contributed by atoms with Crippen molar-refractivity contribution in [2.75, 3.05) is 19.3 Å². The van der Waals surface area contributed by atoms with Crippen LogP contribution in [0.1, 0.15) is 69.9 Å². The van der Waals surface area contributed by atoms with Crippen LogP contribution in [0.5, 0.6) is 0 Å². The molecule has 0 aliphatic carbocycles. The Kier molecular flexibility index (Phi) is 11.8. The molecule has 0 spiro atoms. The Balaban J connectivity index is 2.58. The molecule has 0 aliphatic heterocycles. The lowest BCUT2D eigenvalue weighted by Gasteiger charge is -2.12. The molecule has 5 nitrogen and oxygen atoms in total. The number of unbranched alkanes of at least 4 members (excludes halogenated alkanes) is 6. The summed E-state index contributed by atoms with van der Waals surface area (Å²) in [6, 6.07) is 4.18. The van der Waals surface area contributed by atoms with Crippen LogP contribution in [0.25, 0.3) is 0 Å². The van der Waals surface area contributed by atoms with Crippen molar-refractivity contribution in [1.82, 2.24) is 10.6 Å². The first-order valence-electron chi connectivity index (χ1n) is 10.3. The molecule has 0 saturated carbocycles. The summed E-state index contributed by atoms with van der Waals surface area (Å²) in [7, 11) is -3.19. The molecular formula is C21H36FN3O2S. The van der Waals surface area contributed by atoms with Crippen LogP contribution in [-0.4, -0.2) is 33.7 Å². The molecule has 0 atom stereocenters. The van der Waals surface area contributed by atoms with E-state index in [4.69, 9.17) is 0 Å². The number of rotatable bonds is 13. The molecule has 160 valence electrons. The van der Waals surface area contributed by atoms with E-state index in [0.29, 0.717) is 17.1 Å². The zero-order chi connectivity index (χ0) is 20.8. The Labute approximate surface area is 170 Å². The summed E-state index contributed by atoms with van der Waals surface area (Å²) in [4.78, 5) is 4.51. The summed E-state index contributed by atoms with van der Waals surface area (Å²) < 4.78 is 36.8. The number of halogens is 1. The van der Waals surface area contributed by atoms with Gasteiger partial charge in [0.25, 0.3) is 0 Å². The van der Waals surface area contributed by atoms with E-state index >= 15 is 0 Å². The first-order valence-corrected chi connectivity index (χ1v) is 12.4. The Bertz CT molecular complexity index is 706. The lowest BCUT2D eigenvalue weighted by Crippen LogP contribution is -2.37. The maximum absolute atomic E-state index is 13.6. The molecular weight excluding hydrogens is 377 g/mol. The van der Waals surface area contributed by atoms with Crippen LogP contribution in [0.3, 0.4) is 0 Å². The van der Waals surface area contributed by atoms with Gasteiger partial charge in [-0.1, -0.05) is 51.5 Å². The zero-order valence-corrected chi connectivity index (χ0v) is 18.4. The average Bonchev–Trinajstić information content (AvgIpc) is 2.62. The number of nitrogens with one attached hydrogen (secondary N) is 2. The average molecular weight is 414 g/mol. The van der Waals surface area contributed by atoms with Gasteiger partial charge in [-0.3, -0.25) is 0 Å². The number of sulfone groups is 1. The number of nitrogens with zero attached hydrogens (tertiary/aromatic N) is 1. The first kappa shape index (κ1) is 24.4. The Morgan fingerprint density at radius 1 is 1.00 bits per heavy atom. The molecule has 0 aliphatic rings. The number of hydrogen-bond acceptors (Lipinski definition) is 3. The van der Waals surface area contributed by atoms with Crippen LogP contribution in [0.2, 0.25) is 0 Å². The fourth-order valence-corrected chi connectivity index (χ4v) is 3.81. The fourth-order valence-electron chi connectivity index (χ4n) is 2.96. The van der Waals surface area contributed by atoms with Crippen LogP contribution in [0.4, 0.5) is 4.39 Å². The number of benzene rings is 1. The van der Waals surface area contributed by atoms with Gasteiger partial charge in [0, 0.05) is 19.3 Å². The van der Waals surface area contributed by atoms with Gasteiger partial charge in [0.05, 0.1) is 12.3 Å². The van der Waals surface area contributed by atoms with Crippen LogP contribution in [0.15, 0.2) is 23.2 Å². The van der Waals surface area contributed by atoms with Crippen LogP contribution in [0, 0.1) is 5.82 Å². The van der Waals surface area contributed by atoms with Crippen molar-refractivity contribution in [1.29, 1.82) is 0 Å². The molecule has 2 N–H and O–H groups in total. The largest absolute Gasteiger partial charge is 0.357 e. The fraction of sp³-hybridized carbons (Fsp3) is 0.667. The minimum atomic E-state index is -3.19. The van der Waals surface area contributed by atoms with Crippen LogP contribution < -0.4 is 10.6 Å². The third-order valence-corrected chi connectivity index (χ3v) is 5.25. The number of hydrogen-bond donors (Lipinski definition) is 2. The smallest absolute Gasteiger partial charge is 0.191 e. The van der Waals surface area contributed by atoms with Crippen molar-refractivity contribution in [2.45, 2.75) is 71.1 Å². The second kappa shape index (κ2) is 13.5. The molecule has 0 aromatic heterocycles. The van der Waals surface area contributed by atoms with Crippen molar-refractivity contribution in [2.24, 2.45) is 4.99 Å². The van der Waals surface area contributed by atoms with E-state index in [-0.39, 0.29) is 18.1 Å². The van der Waals surface area contributed by atoms with E-state index < -0.39 is 9.84 Å². The lowest BCUT2D eigenvalue weighted by molar-refractivity contribution is 0.583. The van der Waals surface area contributed by atoms with Gasteiger partial charge in [-0.15, -0.1) is 0 Å². The lowest BCUT2D eigenvalue weighted by atomic mass is 10.1. The molecule has 0 unspecified atom stereocenters. The van der Waals surface area contributed by atoms with Crippen molar-refractivity contribution in [3.63, 3.8) is 0 Å². The molecule has 0 saturated heterocycles. The second-order valence-corrected chi connectivity index (χ2v) is 9.37. The SMILES string of the molecule is CCCCCCCCCNC(=NCc1cc(F)ccc1CS(C)(=O)=O)NCC. The van der Waals surface area contributed by atoms with Crippen molar-refractivity contribution >= 4 is 15.8 Å². The van der Waals surface area contributed by atoms with E-state index in [9.17, 15) is 12.8 Å². The normalized spacial score (nSPS) is 12.2. The number of aliphatic imine (C=N–C) groups is 1. The predicted octanol–water partition coefficient (Wildman–Crippen LogP) is 4.18. The second-order valence-electron chi connectivity index (χ2n) is 7.23. The van der Waals surface area contributed by atoms with Crippen molar-refractivity contribution < 1.29 is 12.8 Å². The van der Waals surface area contributed by atoms with E-state index in [2.05, 4.69) is 22.5 Å². The van der Waals surface area contributed by atoms with Gasteiger partial charge in [-0.2, -0.15) is 0 Å². The van der Waals surface area contributed by atoms with Crippen LogP contribution >= 0.6 is 0 Å². The third kappa shape index (κ3) is 11.3. The molecule has 1 aromatic rings. The molecule has 0 heterocycles. The molecule has 0 fully saturated rings. The summed E-state index contributed by atoms with van der Waals surface area (Å²) in [5, 5.41) is 6.48. The maximum atomic E-state index is 13.6. The highest BCUT2D eigenvalue weighted by atomic mass is 32.2. The molecule has 0 amide bonds. The minimum Gasteiger partial charge on any atom is -0.357 e. The molecule has 28 heavy (non-hydrogen) atoms. The van der Waals surface area contributed by atoms with Crippen molar-refractivity contribution in [3.05, 3.63) is 35.1 Å². The summed E-state index contributed by atoms with van der Waals surface area (Å²) >= 11 is 0. The van der Waals surface area contributed by atoms with E-state index in [0.717, 1.165) is 19.5 Å². The number of guanidine groups is 1. The predicted molar refractivity (Wildman–Crippen MR) is 116 cm³/mol. The summed E-state index contributed by atoms with van der Waals surface area (Å²) in [6.45, 7) is 6.00. The van der Waals surface area contributed by atoms with Gasteiger partial charge < -0.3 is 10.6 Å². The highest BCUT2D eigenvalue weighted by molar-refractivity contribution is 7.89. The molecule has 0 radical (unpaired) electrons.